The summed E-state index contributed by atoms with van der Waals surface area (Å²) in [5.41, 5.74) is 1.18. The lowest BCUT2D eigenvalue weighted by Gasteiger charge is -2.30. The molecule has 7 heteroatoms. The van der Waals surface area contributed by atoms with E-state index in [2.05, 4.69) is 19.2 Å². The van der Waals surface area contributed by atoms with Crippen molar-refractivity contribution >= 4 is 33.2 Å². The van der Waals surface area contributed by atoms with Crippen LogP contribution in [0.25, 0.3) is 0 Å². The summed E-state index contributed by atoms with van der Waals surface area (Å²) in [5.74, 6) is 0.107. The molecular weight excluding hydrogens is 372 g/mol. The fourth-order valence-corrected chi connectivity index (χ4v) is 4.33. The molecule has 0 aliphatic rings. The second-order valence-corrected chi connectivity index (χ2v) is 9.12. The predicted octanol–water partition coefficient (Wildman–Crippen LogP) is 4.14. The van der Waals surface area contributed by atoms with Gasteiger partial charge in [-0.2, -0.15) is 0 Å². The quantitative estimate of drug-likeness (QED) is 0.639. The van der Waals surface area contributed by atoms with E-state index in [-0.39, 0.29) is 5.91 Å². The molecule has 2 unspecified atom stereocenters. The van der Waals surface area contributed by atoms with E-state index in [0.717, 1.165) is 41.8 Å². The highest BCUT2D eigenvalue weighted by Gasteiger charge is 2.30. The van der Waals surface area contributed by atoms with Crippen molar-refractivity contribution in [2.24, 2.45) is 5.92 Å². The van der Waals surface area contributed by atoms with E-state index in [1.165, 1.54) is 0 Å². The molecule has 0 aliphatic carbocycles. The van der Waals surface area contributed by atoms with Crippen LogP contribution < -0.4 is 9.62 Å². The second kappa shape index (κ2) is 10.2. The number of hydrogen-bond donors (Lipinski definition) is 1. The van der Waals surface area contributed by atoms with Gasteiger partial charge in [0.25, 0.3) is 0 Å². The number of anilines is 1. The van der Waals surface area contributed by atoms with Gasteiger partial charge in [0.05, 0.1) is 11.9 Å². The summed E-state index contributed by atoms with van der Waals surface area (Å²) in [6.45, 7) is 8.21. The van der Waals surface area contributed by atoms with Crippen molar-refractivity contribution in [1.82, 2.24) is 5.32 Å². The van der Waals surface area contributed by atoms with Gasteiger partial charge in [0.2, 0.25) is 15.9 Å². The summed E-state index contributed by atoms with van der Waals surface area (Å²) in [7, 11) is -3.65. The average Bonchev–Trinajstić information content (AvgIpc) is 2.56. The molecule has 0 fully saturated rings. The van der Waals surface area contributed by atoms with Gasteiger partial charge in [0.15, 0.2) is 0 Å². The molecule has 1 aromatic rings. The van der Waals surface area contributed by atoms with E-state index >= 15 is 0 Å². The van der Waals surface area contributed by atoms with Crippen molar-refractivity contribution in [3.05, 3.63) is 28.8 Å². The van der Waals surface area contributed by atoms with Crippen LogP contribution in [0, 0.1) is 12.8 Å². The Hall–Kier alpha value is -1.27. The van der Waals surface area contributed by atoms with Crippen LogP contribution in [-0.2, 0) is 14.8 Å². The van der Waals surface area contributed by atoms with Crippen LogP contribution in [0.2, 0.25) is 5.02 Å². The highest BCUT2D eigenvalue weighted by molar-refractivity contribution is 7.92. The van der Waals surface area contributed by atoms with Crippen molar-refractivity contribution < 1.29 is 13.2 Å². The van der Waals surface area contributed by atoms with E-state index in [1.807, 2.05) is 0 Å². The van der Waals surface area contributed by atoms with Gasteiger partial charge in [0.1, 0.15) is 6.04 Å². The largest absolute Gasteiger partial charge is 0.354 e. The number of unbranched alkanes of at least 4 members (excludes halogenated alkanes) is 1. The molecule has 0 aromatic heterocycles. The van der Waals surface area contributed by atoms with Crippen LogP contribution in [-0.4, -0.2) is 33.2 Å². The number of carbonyl (C=O) groups excluding carboxylic acids is 1. The van der Waals surface area contributed by atoms with Crippen LogP contribution in [0.15, 0.2) is 18.2 Å². The summed E-state index contributed by atoms with van der Waals surface area (Å²) < 4.78 is 25.9. The van der Waals surface area contributed by atoms with Gasteiger partial charge >= 0.3 is 0 Å². The molecule has 0 heterocycles. The van der Waals surface area contributed by atoms with E-state index < -0.39 is 16.1 Å². The molecule has 0 aliphatic heterocycles. The summed E-state index contributed by atoms with van der Waals surface area (Å²) in [4.78, 5) is 12.6. The number of rotatable bonds is 10. The van der Waals surface area contributed by atoms with Crippen molar-refractivity contribution in [2.75, 3.05) is 17.1 Å². The van der Waals surface area contributed by atoms with Gasteiger partial charge in [0, 0.05) is 11.6 Å². The predicted molar refractivity (Wildman–Crippen MR) is 109 cm³/mol. The highest BCUT2D eigenvalue weighted by atomic mass is 35.5. The first-order valence-corrected chi connectivity index (χ1v) is 11.4. The fourth-order valence-electron chi connectivity index (χ4n) is 2.94. The number of nitrogens with zero attached hydrogens (tertiary/aromatic N) is 1. The third kappa shape index (κ3) is 6.47. The number of sulfonamides is 1. The molecular formula is C19H31ClN2O3S. The normalized spacial score (nSPS) is 13.9. The molecule has 1 N–H and O–H groups in total. The first-order valence-electron chi connectivity index (χ1n) is 9.15. The van der Waals surface area contributed by atoms with Gasteiger partial charge in [-0.05, 0) is 43.9 Å². The smallest absolute Gasteiger partial charge is 0.243 e. The minimum atomic E-state index is -3.65. The lowest BCUT2D eigenvalue weighted by Crippen LogP contribution is -2.49. The molecule has 0 spiro atoms. The summed E-state index contributed by atoms with van der Waals surface area (Å²) in [5, 5.41) is 3.35. The van der Waals surface area contributed by atoms with Crippen LogP contribution in [0.3, 0.4) is 0 Å². The molecule has 0 radical (unpaired) electrons. The molecule has 1 amide bonds. The maximum atomic E-state index is 12.6. The van der Waals surface area contributed by atoms with Crippen LogP contribution >= 0.6 is 11.6 Å². The third-order valence-corrected chi connectivity index (χ3v) is 6.07. The topological polar surface area (TPSA) is 66.5 Å². The standard InChI is InChI=1S/C19H31ClN2O3S/c1-6-8-9-16(7-2)13-21-19(23)15(4)22(26(5,24)25)18-12-17(20)11-10-14(18)3/h10-12,15-16H,6-9,13H2,1-5H3,(H,21,23). The lowest BCUT2D eigenvalue weighted by molar-refractivity contribution is -0.122. The first kappa shape index (κ1) is 22.8. The molecule has 26 heavy (non-hydrogen) atoms. The monoisotopic (exact) mass is 402 g/mol. The average molecular weight is 403 g/mol. The number of hydrogen-bond acceptors (Lipinski definition) is 3. The number of carbonyl (C=O) groups is 1. The molecule has 2 atom stereocenters. The Balaban J connectivity index is 2.98. The van der Waals surface area contributed by atoms with E-state index in [4.69, 9.17) is 11.6 Å². The van der Waals surface area contributed by atoms with Crippen molar-refractivity contribution in [2.45, 2.75) is 59.4 Å². The maximum absolute atomic E-state index is 12.6. The molecule has 0 saturated heterocycles. The highest BCUT2D eigenvalue weighted by Crippen LogP contribution is 2.28. The molecule has 0 saturated carbocycles. The minimum absolute atomic E-state index is 0.301. The van der Waals surface area contributed by atoms with Crippen molar-refractivity contribution in [3.63, 3.8) is 0 Å². The zero-order valence-electron chi connectivity index (χ0n) is 16.4. The van der Waals surface area contributed by atoms with Crippen LogP contribution in [0.1, 0.15) is 52.0 Å². The van der Waals surface area contributed by atoms with Crippen molar-refractivity contribution in [1.29, 1.82) is 0 Å². The van der Waals surface area contributed by atoms with Gasteiger partial charge in [-0.1, -0.05) is 50.8 Å². The number of nitrogens with one attached hydrogen (secondary N) is 1. The number of amides is 1. The molecule has 1 aromatic carbocycles. The van der Waals surface area contributed by atoms with Crippen LogP contribution in [0.5, 0.6) is 0 Å². The Morgan fingerprint density at radius 1 is 1.31 bits per heavy atom. The molecule has 5 nitrogen and oxygen atoms in total. The summed E-state index contributed by atoms with van der Waals surface area (Å²) >= 11 is 6.04. The van der Waals surface area contributed by atoms with E-state index in [0.29, 0.717) is 23.2 Å². The fraction of sp³-hybridized carbons (Fsp3) is 0.632. The van der Waals surface area contributed by atoms with E-state index in [9.17, 15) is 13.2 Å². The van der Waals surface area contributed by atoms with Crippen LogP contribution in [0.4, 0.5) is 5.69 Å². The lowest BCUT2D eigenvalue weighted by atomic mass is 9.99. The SMILES string of the molecule is CCCCC(CC)CNC(=O)C(C)N(c1cc(Cl)ccc1C)S(C)(=O)=O. The Bertz CT molecular complexity index is 707. The van der Waals surface area contributed by atoms with Crippen molar-refractivity contribution in [3.8, 4) is 0 Å². The number of aryl methyl sites for hydroxylation is 1. The Morgan fingerprint density at radius 2 is 1.96 bits per heavy atom. The van der Waals surface area contributed by atoms with E-state index in [1.54, 1.807) is 32.0 Å². The van der Waals surface area contributed by atoms with Gasteiger partial charge in [-0.25, -0.2) is 8.42 Å². The molecule has 1 rings (SSSR count). The van der Waals surface area contributed by atoms with Gasteiger partial charge < -0.3 is 5.32 Å². The third-order valence-electron chi connectivity index (χ3n) is 4.61. The molecule has 0 bridgehead atoms. The molecule has 148 valence electrons. The zero-order chi connectivity index (χ0) is 19.9. The number of halogens is 1. The minimum Gasteiger partial charge on any atom is -0.354 e. The maximum Gasteiger partial charge on any atom is 0.243 e. The second-order valence-electron chi connectivity index (χ2n) is 6.83. The summed E-state index contributed by atoms with van der Waals surface area (Å²) in [6, 6.07) is 4.17. The summed E-state index contributed by atoms with van der Waals surface area (Å²) in [6.07, 6.45) is 5.40. The Morgan fingerprint density at radius 3 is 2.50 bits per heavy atom. The van der Waals surface area contributed by atoms with Gasteiger partial charge in [-0.3, -0.25) is 9.10 Å². The Kier molecular flexibility index (Phi) is 8.90. The number of benzene rings is 1. The van der Waals surface area contributed by atoms with Gasteiger partial charge in [-0.15, -0.1) is 0 Å². The first-order chi connectivity index (χ1) is 12.1. The Labute approximate surface area is 163 Å². The zero-order valence-corrected chi connectivity index (χ0v) is 18.0.